The predicted molar refractivity (Wildman–Crippen MR) is 173 cm³/mol. The highest BCUT2D eigenvalue weighted by Crippen LogP contribution is 2.50. The van der Waals surface area contributed by atoms with Gasteiger partial charge in [0.1, 0.15) is 11.5 Å². The Morgan fingerprint density at radius 2 is 0.762 bits per heavy atom. The average molecular weight is 555 g/mol. The van der Waals surface area contributed by atoms with Gasteiger partial charge in [0.2, 0.25) is 0 Å². The second-order valence-corrected chi connectivity index (χ2v) is 11.3. The molecule has 6 rings (SSSR count). The topological polar surface area (TPSA) is 52.6 Å². The van der Waals surface area contributed by atoms with E-state index >= 15 is 0 Å². The van der Waals surface area contributed by atoms with Crippen molar-refractivity contribution in [1.82, 2.24) is 0 Å². The second-order valence-electron chi connectivity index (χ2n) is 11.3. The third kappa shape index (κ3) is 4.57. The van der Waals surface area contributed by atoms with Crippen LogP contribution >= 0.6 is 0 Å². The molecule has 0 aliphatic heterocycles. The van der Waals surface area contributed by atoms with Gasteiger partial charge in [-0.3, -0.25) is 9.59 Å². The SMILES string of the molecule is CCC(=O)Oc1c2cc(C)ccc2c(-c2c3ccc(C)cc3c(OC(=O)CC)c3ccc(C)cc23)c2cc(C)ccc12. The zero-order chi connectivity index (χ0) is 29.7. The van der Waals surface area contributed by atoms with E-state index in [0.29, 0.717) is 11.5 Å². The quantitative estimate of drug-likeness (QED) is 0.121. The van der Waals surface area contributed by atoms with E-state index in [-0.39, 0.29) is 24.8 Å². The van der Waals surface area contributed by atoms with E-state index in [1.807, 2.05) is 13.8 Å². The Bertz CT molecular complexity index is 1930. The van der Waals surface area contributed by atoms with Crippen LogP contribution in [-0.2, 0) is 9.59 Å². The van der Waals surface area contributed by atoms with Gasteiger partial charge in [0, 0.05) is 34.4 Å². The molecule has 0 aliphatic carbocycles. The molecule has 0 aliphatic rings. The molecule has 0 heterocycles. The number of hydrogen-bond acceptors (Lipinski definition) is 4. The van der Waals surface area contributed by atoms with Crippen LogP contribution in [0.1, 0.15) is 48.9 Å². The molecule has 6 aromatic rings. The molecule has 0 spiro atoms. The fourth-order valence-corrected chi connectivity index (χ4v) is 5.96. The largest absolute Gasteiger partial charge is 0.425 e. The minimum atomic E-state index is -0.267. The summed E-state index contributed by atoms with van der Waals surface area (Å²) in [5.74, 6) is 0.648. The van der Waals surface area contributed by atoms with E-state index < -0.39 is 0 Å². The summed E-state index contributed by atoms with van der Waals surface area (Å²) >= 11 is 0. The first-order valence-corrected chi connectivity index (χ1v) is 14.5. The maximum atomic E-state index is 12.7. The standard InChI is InChI=1S/C38H34O4/c1-7-33(39)41-37-27-15-11-21(3)17-29(27)35(25-13-9-23(5)19-31(25)37)36-26-14-10-24(6)20-32(26)38(42-34(40)8-2)28-16-12-22(4)18-30(28)36/h9-20H,7-8H2,1-6H3. The lowest BCUT2D eigenvalue weighted by molar-refractivity contribution is -0.134. The number of aryl methyl sites for hydroxylation is 4. The highest BCUT2D eigenvalue weighted by atomic mass is 16.5. The van der Waals surface area contributed by atoms with E-state index in [2.05, 4.69) is 100 Å². The Balaban J connectivity index is 1.89. The van der Waals surface area contributed by atoms with Crippen molar-refractivity contribution in [1.29, 1.82) is 0 Å². The summed E-state index contributed by atoms with van der Waals surface area (Å²) in [6.07, 6.45) is 0.572. The van der Waals surface area contributed by atoms with Crippen LogP contribution in [0.15, 0.2) is 72.8 Å². The number of carbonyl (C=O) groups excluding carboxylic acids is 2. The van der Waals surface area contributed by atoms with Crippen molar-refractivity contribution in [3.05, 3.63) is 95.1 Å². The van der Waals surface area contributed by atoms with Crippen molar-refractivity contribution in [2.75, 3.05) is 0 Å². The second kappa shape index (κ2) is 10.6. The van der Waals surface area contributed by atoms with E-state index in [1.165, 1.54) is 0 Å². The van der Waals surface area contributed by atoms with Crippen LogP contribution in [0.5, 0.6) is 11.5 Å². The first-order chi connectivity index (χ1) is 20.2. The maximum Gasteiger partial charge on any atom is 0.310 e. The Hall–Kier alpha value is -4.70. The fourth-order valence-electron chi connectivity index (χ4n) is 5.96. The molecule has 0 atom stereocenters. The van der Waals surface area contributed by atoms with Crippen LogP contribution < -0.4 is 9.47 Å². The molecule has 0 fully saturated rings. The molecule has 0 unspecified atom stereocenters. The molecule has 0 radical (unpaired) electrons. The monoisotopic (exact) mass is 554 g/mol. The van der Waals surface area contributed by atoms with Gasteiger partial charge in [0.25, 0.3) is 0 Å². The highest BCUT2D eigenvalue weighted by Gasteiger charge is 2.24. The van der Waals surface area contributed by atoms with Gasteiger partial charge in [0.05, 0.1) is 0 Å². The number of esters is 2. The van der Waals surface area contributed by atoms with E-state index in [9.17, 15) is 9.59 Å². The van der Waals surface area contributed by atoms with Crippen molar-refractivity contribution >= 4 is 55.0 Å². The normalized spacial score (nSPS) is 11.5. The van der Waals surface area contributed by atoms with Crippen LogP contribution in [0.4, 0.5) is 0 Å². The van der Waals surface area contributed by atoms with Gasteiger partial charge in [-0.25, -0.2) is 0 Å². The average Bonchev–Trinajstić information content (AvgIpc) is 2.97. The Morgan fingerprint density at radius 3 is 1.10 bits per heavy atom. The molecular weight excluding hydrogens is 520 g/mol. The zero-order valence-corrected chi connectivity index (χ0v) is 25.0. The predicted octanol–water partition coefficient (Wildman–Crippen LogP) is 9.83. The number of fused-ring (bicyclic) bond motifs is 4. The van der Waals surface area contributed by atoms with Crippen LogP contribution in [0, 0.1) is 27.7 Å². The van der Waals surface area contributed by atoms with E-state index in [4.69, 9.17) is 9.47 Å². The van der Waals surface area contributed by atoms with Gasteiger partial charge in [-0.2, -0.15) is 0 Å². The summed E-state index contributed by atoms with van der Waals surface area (Å²) in [7, 11) is 0. The molecule has 4 heteroatoms. The Labute approximate surface area is 245 Å². The number of carbonyl (C=O) groups is 2. The lowest BCUT2D eigenvalue weighted by atomic mass is 9.84. The van der Waals surface area contributed by atoms with Crippen LogP contribution in [0.25, 0.3) is 54.2 Å². The third-order valence-electron chi connectivity index (χ3n) is 8.02. The number of ether oxygens (including phenoxy) is 2. The summed E-state index contributed by atoms with van der Waals surface area (Å²) in [6, 6.07) is 25.3. The van der Waals surface area contributed by atoms with Crippen LogP contribution in [0.3, 0.4) is 0 Å². The summed E-state index contributed by atoms with van der Waals surface area (Å²) in [5.41, 5.74) is 6.51. The zero-order valence-electron chi connectivity index (χ0n) is 25.0. The Morgan fingerprint density at radius 1 is 0.452 bits per heavy atom. The number of hydrogen-bond donors (Lipinski definition) is 0. The fraction of sp³-hybridized carbons (Fsp3) is 0.211. The lowest BCUT2D eigenvalue weighted by Gasteiger charge is -2.22. The van der Waals surface area contributed by atoms with Gasteiger partial charge in [0.15, 0.2) is 0 Å². The first kappa shape index (κ1) is 27.5. The van der Waals surface area contributed by atoms with Gasteiger partial charge >= 0.3 is 11.9 Å². The molecule has 0 N–H and O–H groups in total. The highest BCUT2D eigenvalue weighted by molar-refractivity contribution is 6.27. The van der Waals surface area contributed by atoms with E-state index in [0.717, 1.165) is 76.5 Å². The van der Waals surface area contributed by atoms with Crippen molar-refractivity contribution in [3.63, 3.8) is 0 Å². The Kier molecular flexibility index (Phi) is 6.94. The first-order valence-electron chi connectivity index (χ1n) is 14.5. The summed E-state index contributed by atoms with van der Waals surface area (Å²) < 4.78 is 12.1. The van der Waals surface area contributed by atoms with Crippen molar-refractivity contribution in [2.45, 2.75) is 54.4 Å². The van der Waals surface area contributed by atoms with Gasteiger partial charge in [-0.1, -0.05) is 96.8 Å². The summed E-state index contributed by atoms with van der Waals surface area (Å²) in [4.78, 5) is 25.4. The smallest absolute Gasteiger partial charge is 0.310 e. The molecule has 0 saturated heterocycles. The molecular formula is C38H34O4. The molecule has 210 valence electrons. The van der Waals surface area contributed by atoms with Crippen molar-refractivity contribution < 1.29 is 19.1 Å². The van der Waals surface area contributed by atoms with Crippen molar-refractivity contribution in [2.24, 2.45) is 0 Å². The van der Waals surface area contributed by atoms with Gasteiger partial charge in [-0.05, 0) is 72.5 Å². The minimum absolute atomic E-state index is 0.267. The van der Waals surface area contributed by atoms with E-state index in [1.54, 1.807) is 0 Å². The molecule has 4 nitrogen and oxygen atoms in total. The lowest BCUT2D eigenvalue weighted by Crippen LogP contribution is -2.08. The maximum absolute atomic E-state index is 12.7. The van der Waals surface area contributed by atoms with Crippen LogP contribution in [0.2, 0.25) is 0 Å². The molecule has 0 amide bonds. The number of benzene rings is 6. The van der Waals surface area contributed by atoms with Gasteiger partial charge < -0.3 is 9.47 Å². The molecule has 0 saturated carbocycles. The summed E-state index contributed by atoms with van der Waals surface area (Å²) in [6.45, 7) is 11.9. The molecule has 42 heavy (non-hydrogen) atoms. The van der Waals surface area contributed by atoms with Gasteiger partial charge in [-0.15, -0.1) is 0 Å². The van der Waals surface area contributed by atoms with Crippen molar-refractivity contribution in [3.8, 4) is 22.6 Å². The molecule has 0 bridgehead atoms. The molecule has 6 aromatic carbocycles. The summed E-state index contributed by atoms with van der Waals surface area (Å²) in [5, 5.41) is 7.58. The molecule has 0 aromatic heterocycles. The number of rotatable bonds is 5. The van der Waals surface area contributed by atoms with Crippen LogP contribution in [-0.4, -0.2) is 11.9 Å². The minimum Gasteiger partial charge on any atom is -0.425 e. The third-order valence-corrected chi connectivity index (χ3v) is 8.02.